The zero-order chi connectivity index (χ0) is 21.0. The van der Waals surface area contributed by atoms with Crippen LogP contribution in [0.4, 0.5) is 0 Å². The van der Waals surface area contributed by atoms with Gasteiger partial charge in [0.15, 0.2) is 0 Å². The average Bonchev–Trinajstić information content (AvgIpc) is 3.11. The Labute approximate surface area is 184 Å². The van der Waals surface area contributed by atoms with Gasteiger partial charge in [0.1, 0.15) is 0 Å². The Hall–Kier alpha value is -3.38. The highest BCUT2D eigenvalue weighted by Gasteiger charge is 2.31. The minimum Gasteiger partial charge on any atom is -0.0622 e. The van der Waals surface area contributed by atoms with E-state index in [0.29, 0.717) is 0 Å². The van der Waals surface area contributed by atoms with Crippen LogP contribution in [0.3, 0.4) is 0 Å². The molecule has 0 N–H and O–H groups in total. The maximum Gasteiger partial charge on any atom is -0.00263 e. The van der Waals surface area contributed by atoms with Crippen LogP contribution < -0.4 is 0 Å². The minimum absolute atomic E-state index is 0.232. The summed E-state index contributed by atoms with van der Waals surface area (Å²) in [7, 11) is 0. The molecule has 0 radical (unpaired) electrons. The van der Waals surface area contributed by atoms with Crippen LogP contribution in [0.15, 0.2) is 97.1 Å². The molecule has 0 aliphatic heterocycles. The molecule has 0 unspecified atom stereocenters. The molecule has 0 aromatic heterocycles. The summed E-state index contributed by atoms with van der Waals surface area (Å²) in [6, 6.07) is 35.8. The number of benzene rings is 5. The first-order valence-corrected chi connectivity index (χ1v) is 11.3. The number of hydrogen-bond acceptors (Lipinski definition) is 0. The van der Waals surface area contributed by atoms with Gasteiger partial charge >= 0.3 is 0 Å². The van der Waals surface area contributed by atoms with Gasteiger partial charge in [-0.05, 0) is 79.2 Å². The lowest BCUT2D eigenvalue weighted by molar-refractivity contribution is 0.522. The van der Waals surface area contributed by atoms with Gasteiger partial charge in [0, 0.05) is 0 Å². The van der Waals surface area contributed by atoms with Crippen LogP contribution in [-0.2, 0) is 11.8 Å². The third-order valence-electron chi connectivity index (χ3n) is 7.12. The van der Waals surface area contributed by atoms with E-state index in [4.69, 9.17) is 0 Å². The Kier molecular flexibility index (Phi) is 4.05. The van der Waals surface area contributed by atoms with Crippen LogP contribution in [-0.4, -0.2) is 0 Å². The highest BCUT2D eigenvalue weighted by molar-refractivity contribution is 6.21. The monoisotopic (exact) mass is 398 g/mol. The minimum atomic E-state index is 0.232. The molecular weight excluding hydrogens is 372 g/mol. The average molecular weight is 399 g/mol. The van der Waals surface area contributed by atoms with Crippen LogP contribution in [0.25, 0.3) is 43.8 Å². The standard InChI is InChI=1S/C31H26/c1-31(2)18-17-23-19-26-27(20-28(23)31)30(22-13-7-4-8-14-22)25-16-10-9-15-24(25)29(26)21-11-5-3-6-12-21/h3-16,19-20H,17-18H2,1-2H3. The predicted molar refractivity (Wildman–Crippen MR) is 134 cm³/mol. The maximum absolute atomic E-state index is 2.51. The van der Waals surface area contributed by atoms with Crippen molar-refractivity contribution in [3.8, 4) is 22.3 Å². The smallest absolute Gasteiger partial charge is 0.00263 e. The molecule has 0 spiro atoms. The van der Waals surface area contributed by atoms with Crippen LogP contribution in [0.1, 0.15) is 31.4 Å². The normalized spacial score (nSPS) is 14.8. The highest BCUT2D eigenvalue weighted by Crippen LogP contribution is 2.47. The van der Waals surface area contributed by atoms with Crippen molar-refractivity contribution >= 4 is 21.5 Å². The first-order valence-electron chi connectivity index (χ1n) is 11.3. The molecule has 0 heterocycles. The molecule has 0 saturated carbocycles. The Bertz CT molecular complexity index is 1420. The van der Waals surface area contributed by atoms with Gasteiger partial charge in [0.25, 0.3) is 0 Å². The summed E-state index contributed by atoms with van der Waals surface area (Å²) in [6.07, 6.45) is 2.39. The maximum atomic E-state index is 2.51. The van der Waals surface area contributed by atoms with E-state index in [1.807, 2.05) is 0 Å². The van der Waals surface area contributed by atoms with Gasteiger partial charge in [-0.2, -0.15) is 0 Å². The summed E-state index contributed by atoms with van der Waals surface area (Å²) >= 11 is 0. The van der Waals surface area contributed by atoms with E-state index in [9.17, 15) is 0 Å². The van der Waals surface area contributed by atoms with E-state index < -0.39 is 0 Å². The number of hydrogen-bond donors (Lipinski definition) is 0. The second-order valence-corrected chi connectivity index (χ2v) is 9.47. The molecule has 0 atom stereocenters. The van der Waals surface area contributed by atoms with Crippen molar-refractivity contribution in [1.82, 2.24) is 0 Å². The molecule has 5 aromatic rings. The fourth-order valence-electron chi connectivity index (χ4n) is 5.52. The predicted octanol–water partition coefficient (Wildman–Crippen LogP) is 8.55. The first kappa shape index (κ1) is 18.4. The van der Waals surface area contributed by atoms with Crippen molar-refractivity contribution in [2.24, 2.45) is 0 Å². The molecule has 150 valence electrons. The molecule has 0 amide bonds. The quantitative estimate of drug-likeness (QED) is 0.261. The van der Waals surface area contributed by atoms with Crippen LogP contribution in [0, 0.1) is 0 Å². The SMILES string of the molecule is CC1(C)CCc2cc3c(-c4ccccc4)c4ccccc4c(-c4ccccc4)c3cc21. The lowest BCUT2D eigenvalue weighted by Gasteiger charge is -2.22. The molecular formula is C31H26. The first-order chi connectivity index (χ1) is 15.1. The van der Waals surface area contributed by atoms with Crippen molar-refractivity contribution in [2.45, 2.75) is 32.1 Å². The van der Waals surface area contributed by atoms with E-state index in [2.05, 4.69) is 111 Å². The van der Waals surface area contributed by atoms with Gasteiger partial charge in [-0.15, -0.1) is 0 Å². The fraction of sp³-hybridized carbons (Fsp3) is 0.161. The molecule has 1 aliphatic rings. The highest BCUT2D eigenvalue weighted by atomic mass is 14.3. The van der Waals surface area contributed by atoms with Gasteiger partial charge in [0.05, 0.1) is 0 Å². The van der Waals surface area contributed by atoms with Gasteiger partial charge in [0.2, 0.25) is 0 Å². The summed E-state index contributed by atoms with van der Waals surface area (Å²) in [4.78, 5) is 0. The van der Waals surface area contributed by atoms with Crippen LogP contribution in [0.2, 0.25) is 0 Å². The molecule has 0 heteroatoms. The molecule has 0 fully saturated rings. The number of fused-ring (bicyclic) bond motifs is 3. The van der Waals surface area contributed by atoms with Crippen molar-refractivity contribution in [3.05, 3.63) is 108 Å². The zero-order valence-electron chi connectivity index (χ0n) is 18.2. The Morgan fingerprint density at radius 3 is 1.58 bits per heavy atom. The van der Waals surface area contributed by atoms with Crippen molar-refractivity contribution in [2.75, 3.05) is 0 Å². The zero-order valence-corrected chi connectivity index (χ0v) is 18.2. The third kappa shape index (κ3) is 2.82. The Morgan fingerprint density at radius 2 is 1.03 bits per heavy atom. The van der Waals surface area contributed by atoms with Gasteiger partial charge in [-0.3, -0.25) is 0 Å². The molecule has 1 aliphatic carbocycles. The van der Waals surface area contributed by atoms with E-state index in [0.717, 1.165) is 0 Å². The Morgan fingerprint density at radius 1 is 0.548 bits per heavy atom. The molecule has 5 aromatic carbocycles. The van der Waals surface area contributed by atoms with Crippen LogP contribution >= 0.6 is 0 Å². The second kappa shape index (κ2) is 6.82. The molecule has 6 rings (SSSR count). The van der Waals surface area contributed by atoms with Crippen molar-refractivity contribution in [1.29, 1.82) is 0 Å². The fourth-order valence-corrected chi connectivity index (χ4v) is 5.52. The van der Waals surface area contributed by atoms with Crippen molar-refractivity contribution < 1.29 is 0 Å². The number of rotatable bonds is 2. The largest absolute Gasteiger partial charge is 0.0622 e. The van der Waals surface area contributed by atoms with Gasteiger partial charge in [-0.25, -0.2) is 0 Å². The van der Waals surface area contributed by atoms with Gasteiger partial charge in [-0.1, -0.05) is 105 Å². The Balaban J connectivity index is 1.85. The number of aryl methyl sites for hydroxylation is 1. The van der Waals surface area contributed by atoms with Crippen molar-refractivity contribution in [3.63, 3.8) is 0 Å². The summed E-state index contributed by atoms with van der Waals surface area (Å²) in [5, 5.41) is 5.41. The summed E-state index contributed by atoms with van der Waals surface area (Å²) in [5.74, 6) is 0. The molecule has 0 saturated heterocycles. The lowest BCUT2D eigenvalue weighted by Crippen LogP contribution is -2.11. The summed E-state index contributed by atoms with van der Waals surface area (Å²) in [6.45, 7) is 4.79. The van der Waals surface area contributed by atoms with E-state index >= 15 is 0 Å². The molecule has 0 bridgehead atoms. The van der Waals surface area contributed by atoms with E-state index in [1.165, 1.54) is 67.8 Å². The van der Waals surface area contributed by atoms with E-state index in [1.54, 1.807) is 0 Å². The third-order valence-corrected chi connectivity index (χ3v) is 7.12. The van der Waals surface area contributed by atoms with Crippen LogP contribution in [0.5, 0.6) is 0 Å². The van der Waals surface area contributed by atoms with E-state index in [-0.39, 0.29) is 5.41 Å². The second-order valence-electron chi connectivity index (χ2n) is 9.47. The summed E-state index contributed by atoms with van der Waals surface area (Å²) in [5.41, 5.74) is 8.57. The summed E-state index contributed by atoms with van der Waals surface area (Å²) < 4.78 is 0. The topological polar surface area (TPSA) is 0 Å². The molecule has 0 nitrogen and oxygen atoms in total. The lowest BCUT2D eigenvalue weighted by atomic mass is 9.81. The van der Waals surface area contributed by atoms with Gasteiger partial charge < -0.3 is 0 Å². The molecule has 31 heavy (non-hydrogen) atoms.